The Labute approximate surface area is 121 Å². The summed E-state index contributed by atoms with van der Waals surface area (Å²) in [5.41, 5.74) is 2.17. The van der Waals surface area contributed by atoms with Crippen molar-refractivity contribution in [3.63, 3.8) is 0 Å². The first-order valence-corrected chi connectivity index (χ1v) is 6.69. The molecule has 0 saturated carbocycles. The lowest BCUT2D eigenvalue weighted by atomic mass is 10.2. The van der Waals surface area contributed by atoms with Gasteiger partial charge in [-0.05, 0) is 25.5 Å². The van der Waals surface area contributed by atoms with Crippen LogP contribution in [0.4, 0.5) is 5.69 Å². The SMILES string of the molecule is CCc1nn(C)c(-n2c(C)nc3ccccc32)c1[N+](=O)[O-]. The van der Waals surface area contributed by atoms with Gasteiger partial charge in [0, 0.05) is 7.05 Å². The van der Waals surface area contributed by atoms with E-state index < -0.39 is 0 Å². The van der Waals surface area contributed by atoms with Gasteiger partial charge in [0.25, 0.3) is 0 Å². The maximum Gasteiger partial charge on any atom is 0.334 e. The van der Waals surface area contributed by atoms with E-state index >= 15 is 0 Å². The van der Waals surface area contributed by atoms with Crippen LogP contribution in [-0.2, 0) is 13.5 Å². The van der Waals surface area contributed by atoms with Crippen molar-refractivity contribution >= 4 is 16.7 Å². The minimum absolute atomic E-state index is 0.0475. The molecule has 0 bridgehead atoms. The van der Waals surface area contributed by atoms with Crippen LogP contribution in [-0.4, -0.2) is 24.3 Å². The van der Waals surface area contributed by atoms with Crippen molar-refractivity contribution in [2.45, 2.75) is 20.3 Å². The molecule has 3 rings (SSSR count). The van der Waals surface area contributed by atoms with Gasteiger partial charge in [-0.25, -0.2) is 9.67 Å². The molecule has 0 saturated heterocycles. The van der Waals surface area contributed by atoms with Gasteiger partial charge in [0.15, 0.2) is 0 Å². The highest BCUT2D eigenvalue weighted by Crippen LogP contribution is 2.30. The second-order valence-electron chi connectivity index (χ2n) is 4.84. The zero-order valence-electron chi connectivity index (χ0n) is 12.1. The van der Waals surface area contributed by atoms with Crippen molar-refractivity contribution in [1.82, 2.24) is 19.3 Å². The number of imidazole rings is 1. The molecule has 2 heterocycles. The van der Waals surface area contributed by atoms with Crippen molar-refractivity contribution in [1.29, 1.82) is 0 Å². The molecule has 21 heavy (non-hydrogen) atoms. The average molecular weight is 285 g/mol. The zero-order valence-corrected chi connectivity index (χ0v) is 12.1. The molecule has 108 valence electrons. The second kappa shape index (κ2) is 4.69. The Kier molecular flexibility index (Phi) is 2.97. The van der Waals surface area contributed by atoms with E-state index in [1.165, 1.54) is 0 Å². The Morgan fingerprint density at radius 3 is 2.71 bits per heavy atom. The molecule has 0 aliphatic carbocycles. The quantitative estimate of drug-likeness (QED) is 0.547. The predicted octanol–water partition coefficient (Wildman–Crippen LogP) is 2.54. The lowest BCUT2D eigenvalue weighted by molar-refractivity contribution is -0.385. The van der Waals surface area contributed by atoms with Crippen LogP contribution in [0.2, 0.25) is 0 Å². The van der Waals surface area contributed by atoms with E-state index in [9.17, 15) is 10.1 Å². The number of hydrogen-bond donors (Lipinski definition) is 0. The van der Waals surface area contributed by atoms with E-state index in [2.05, 4.69) is 10.1 Å². The molecule has 2 aromatic heterocycles. The Hall–Kier alpha value is -2.70. The van der Waals surface area contributed by atoms with Gasteiger partial charge >= 0.3 is 5.69 Å². The number of fused-ring (bicyclic) bond motifs is 1. The first kappa shape index (κ1) is 13.3. The zero-order chi connectivity index (χ0) is 15.1. The van der Waals surface area contributed by atoms with Crippen LogP contribution in [0.25, 0.3) is 16.9 Å². The lowest BCUT2D eigenvalue weighted by Crippen LogP contribution is -2.06. The number of nitro groups is 1. The number of rotatable bonds is 3. The molecule has 0 radical (unpaired) electrons. The Morgan fingerprint density at radius 1 is 1.33 bits per heavy atom. The van der Waals surface area contributed by atoms with Gasteiger partial charge < -0.3 is 0 Å². The second-order valence-corrected chi connectivity index (χ2v) is 4.84. The van der Waals surface area contributed by atoms with Crippen molar-refractivity contribution in [3.05, 3.63) is 45.9 Å². The molecule has 1 aromatic carbocycles. The van der Waals surface area contributed by atoms with Crippen LogP contribution >= 0.6 is 0 Å². The van der Waals surface area contributed by atoms with Crippen LogP contribution in [0.1, 0.15) is 18.4 Å². The topological polar surface area (TPSA) is 78.8 Å². The lowest BCUT2D eigenvalue weighted by Gasteiger charge is -2.06. The van der Waals surface area contributed by atoms with E-state index in [1.54, 1.807) is 16.3 Å². The molecular weight excluding hydrogens is 270 g/mol. The van der Waals surface area contributed by atoms with E-state index in [0.29, 0.717) is 23.8 Å². The monoisotopic (exact) mass is 285 g/mol. The standard InChI is InChI=1S/C14H15N5O2/c1-4-10-13(19(20)21)14(17(3)16-10)18-9(2)15-11-7-5-6-8-12(11)18/h5-8H,4H2,1-3H3. The van der Waals surface area contributed by atoms with Gasteiger partial charge in [-0.2, -0.15) is 5.10 Å². The predicted molar refractivity (Wildman–Crippen MR) is 78.6 cm³/mol. The van der Waals surface area contributed by atoms with Gasteiger partial charge in [0.2, 0.25) is 5.82 Å². The van der Waals surface area contributed by atoms with Gasteiger partial charge in [-0.3, -0.25) is 14.7 Å². The summed E-state index contributed by atoms with van der Waals surface area (Å²) in [7, 11) is 1.72. The molecule has 0 aliphatic rings. The Morgan fingerprint density at radius 2 is 2.05 bits per heavy atom. The maximum atomic E-state index is 11.5. The van der Waals surface area contributed by atoms with Crippen molar-refractivity contribution in [2.75, 3.05) is 0 Å². The van der Waals surface area contributed by atoms with Crippen LogP contribution in [0.5, 0.6) is 0 Å². The van der Waals surface area contributed by atoms with Crippen molar-refractivity contribution in [3.8, 4) is 5.82 Å². The fourth-order valence-electron chi connectivity index (χ4n) is 2.65. The number of aryl methyl sites for hydroxylation is 3. The molecule has 0 fully saturated rings. The first-order valence-electron chi connectivity index (χ1n) is 6.69. The summed E-state index contributed by atoms with van der Waals surface area (Å²) in [4.78, 5) is 15.6. The largest absolute Gasteiger partial charge is 0.334 e. The summed E-state index contributed by atoms with van der Waals surface area (Å²) in [5.74, 6) is 1.15. The molecule has 7 nitrogen and oxygen atoms in total. The fraction of sp³-hybridized carbons (Fsp3) is 0.286. The van der Waals surface area contributed by atoms with E-state index in [-0.39, 0.29) is 10.6 Å². The van der Waals surface area contributed by atoms with Gasteiger partial charge in [-0.15, -0.1) is 0 Å². The number of aromatic nitrogens is 4. The van der Waals surface area contributed by atoms with Crippen LogP contribution < -0.4 is 0 Å². The van der Waals surface area contributed by atoms with E-state index in [1.807, 2.05) is 38.1 Å². The third kappa shape index (κ3) is 1.89. The number of nitrogens with zero attached hydrogens (tertiary/aromatic N) is 5. The van der Waals surface area contributed by atoms with E-state index in [4.69, 9.17) is 0 Å². The molecule has 7 heteroatoms. The molecule has 0 N–H and O–H groups in total. The third-order valence-electron chi connectivity index (χ3n) is 3.52. The summed E-state index contributed by atoms with van der Waals surface area (Å²) in [6, 6.07) is 7.58. The molecule has 0 spiro atoms. The molecule has 0 unspecified atom stereocenters. The first-order chi connectivity index (χ1) is 10.0. The fourth-order valence-corrected chi connectivity index (χ4v) is 2.65. The maximum absolute atomic E-state index is 11.5. The summed E-state index contributed by atoms with van der Waals surface area (Å²) in [5, 5.41) is 15.8. The summed E-state index contributed by atoms with van der Waals surface area (Å²) < 4.78 is 3.34. The Balaban J connectivity index is 2.41. The Bertz CT molecular complexity index is 847. The molecule has 0 amide bonds. The molecule has 0 atom stereocenters. The molecule has 3 aromatic rings. The highest BCUT2D eigenvalue weighted by Gasteiger charge is 2.28. The van der Waals surface area contributed by atoms with Crippen LogP contribution in [0.3, 0.4) is 0 Å². The van der Waals surface area contributed by atoms with Crippen molar-refractivity contribution in [2.24, 2.45) is 7.05 Å². The minimum atomic E-state index is -0.366. The normalized spacial score (nSPS) is 11.2. The van der Waals surface area contributed by atoms with Crippen molar-refractivity contribution < 1.29 is 4.92 Å². The minimum Gasteiger partial charge on any atom is -0.275 e. The summed E-state index contributed by atoms with van der Waals surface area (Å²) in [6.45, 7) is 3.69. The van der Waals surface area contributed by atoms with E-state index in [0.717, 1.165) is 11.0 Å². The summed E-state index contributed by atoms with van der Waals surface area (Å²) >= 11 is 0. The van der Waals surface area contributed by atoms with Gasteiger partial charge in [-0.1, -0.05) is 19.1 Å². The number of para-hydroxylation sites is 2. The van der Waals surface area contributed by atoms with Crippen LogP contribution in [0, 0.1) is 17.0 Å². The highest BCUT2D eigenvalue weighted by molar-refractivity contribution is 5.79. The van der Waals surface area contributed by atoms with Gasteiger partial charge in [0.1, 0.15) is 11.5 Å². The molecule has 0 aliphatic heterocycles. The number of benzene rings is 1. The smallest absolute Gasteiger partial charge is 0.275 e. The van der Waals surface area contributed by atoms with Gasteiger partial charge in [0.05, 0.1) is 16.0 Å². The average Bonchev–Trinajstić information content (AvgIpc) is 2.94. The molecular formula is C14H15N5O2. The third-order valence-corrected chi connectivity index (χ3v) is 3.52. The highest BCUT2D eigenvalue weighted by atomic mass is 16.6. The summed E-state index contributed by atoms with van der Waals surface area (Å²) in [6.07, 6.45) is 0.510. The van der Waals surface area contributed by atoms with Crippen LogP contribution in [0.15, 0.2) is 24.3 Å². The number of hydrogen-bond acceptors (Lipinski definition) is 4.